The van der Waals surface area contributed by atoms with Crippen molar-refractivity contribution < 1.29 is 13.9 Å². The molecule has 4 nitrogen and oxygen atoms in total. The van der Waals surface area contributed by atoms with Crippen LogP contribution in [0.5, 0.6) is 0 Å². The van der Waals surface area contributed by atoms with Gasteiger partial charge in [-0.3, -0.25) is 0 Å². The smallest absolute Gasteiger partial charge is 0.328 e. The average Bonchev–Trinajstić information content (AvgIpc) is 2.80. The van der Waals surface area contributed by atoms with E-state index in [0.717, 1.165) is 0 Å². The fraction of sp³-hybridized carbons (Fsp3) is 0.467. The Balaban J connectivity index is 2.62. The summed E-state index contributed by atoms with van der Waals surface area (Å²) in [6.45, 7) is 4.05. The Labute approximate surface area is 127 Å². The molecule has 21 heavy (non-hydrogen) atoms. The summed E-state index contributed by atoms with van der Waals surface area (Å²) in [5, 5.41) is 0. The number of fused-ring (bicyclic) bond motifs is 1. The molecule has 0 spiro atoms. The molecule has 0 radical (unpaired) electrons. The minimum atomic E-state index is -0.515. The van der Waals surface area contributed by atoms with Gasteiger partial charge in [0.25, 0.3) is 0 Å². The second-order valence-corrected chi connectivity index (χ2v) is 5.60. The third-order valence-electron chi connectivity index (χ3n) is 3.32. The summed E-state index contributed by atoms with van der Waals surface area (Å²) >= 11 is 5.94. The highest BCUT2D eigenvalue weighted by molar-refractivity contribution is 6.16. The molecule has 0 N–H and O–H groups in total. The summed E-state index contributed by atoms with van der Waals surface area (Å²) in [4.78, 5) is 16.5. The number of alkyl halides is 1. The van der Waals surface area contributed by atoms with Gasteiger partial charge in [-0.15, -0.1) is 11.6 Å². The highest BCUT2D eigenvalue weighted by Crippen LogP contribution is 2.28. The first-order chi connectivity index (χ1) is 9.97. The van der Waals surface area contributed by atoms with Gasteiger partial charge in [0.15, 0.2) is 0 Å². The average molecular weight is 313 g/mol. The molecule has 114 valence electrons. The lowest BCUT2D eigenvalue weighted by molar-refractivity contribution is -0.145. The molecule has 2 rings (SSSR count). The van der Waals surface area contributed by atoms with Gasteiger partial charge in [0.05, 0.1) is 24.0 Å². The zero-order chi connectivity index (χ0) is 15.6. The van der Waals surface area contributed by atoms with Crippen molar-refractivity contribution in [1.29, 1.82) is 0 Å². The van der Waals surface area contributed by atoms with Crippen LogP contribution in [0.15, 0.2) is 18.2 Å². The maximum absolute atomic E-state index is 13.3. The van der Waals surface area contributed by atoms with Crippen LogP contribution in [0.4, 0.5) is 4.39 Å². The molecule has 0 aliphatic heterocycles. The Kier molecular flexibility index (Phi) is 4.83. The summed E-state index contributed by atoms with van der Waals surface area (Å²) in [6.07, 6.45) is 0.597. The second kappa shape index (κ2) is 6.43. The fourth-order valence-electron chi connectivity index (χ4n) is 2.45. The third kappa shape index (κ3) is 3.18. The van der Waals surface area contributed by atoms with Gasteiger partial charge in [0.1, 0.15) is 17.7 Å². The molecule has 0 fully saturated rings. The molecule has 0 saturated carbocycles. The first kappa shape index (κ1) is 15.8. The molecule has 0 bridgehead atoms. The number of imidazole rings is 1. The Morgan fingerprint density at radius 2 is 2.19 bits per heavy atom. The molecule has 1 heterocycles. The first-order valence-corrected chi connectivity index (χ1v) is 7.31. The zero-order valence-electron chi connectivity index (χ0n) is 12.3. The summed E-state index contributed by atoms with van der Waals surface area (Å²) < 4.78 is 20.0. The molecule has 1 atom stereocenters. The van der Waals surface area contributed by atoms with Crippen molar-refractivity contribution in [1.82, 2.24) is 9.55 Å². The van der Waals surface area contributed by atoms with Crippen molar-refractivity contribution in [3.05, 3.63) is 29.8 Å². The second-order valence-electron chi connectivity index (χ2n) is 5.33. The number of nitrogens with zero attached hydrogens (tertiary/aromatic N) is 2. The van der Waals surface area contributed by atoms with Crippen LogP contribution in [0.25, 0.3) is 11.0 Å². The molecule has 6 heteroatoms. The monoisotopic (exact) mass is 312 g/mol. The molecular formula is C15H18ClFN2O2. The van der Waals surface area contributed by atoms with Gasteiger partial charge in [0.2, 0.25) is 0 Å². The maximum atomic E-state index is 13.3. The van der Waals surface area contributed by atoms with Crippen molar-refractivity contribution in [2.45, 2.75) is 32.2 Å². The molecule has 0 aliphatic carbocycles. The lowest BCUT2D eigenvalue weighted by Crippen LogP contribution is -2.24. The van der Waals surface area contributed by atoms with Crippen molar-refractivity contribution in [2.24, 2.45) is 5.92 Å². The third-order valence-corrected chi connectivity index (χ3v) is 3.56. The number of carbonyl (C=O) groups excluding carboxylic acids is 1. The predicted molar refractivity (Wildman–Crippen MR) is 79.8 cm³/mol. The van der Waals surface area contributed by atoms with Crippen molar-refractivity contribution in [3.63, 3.8) is 0 Å². The summed E-state index contributed by atoms with van der Waals surface area (Å²) in [6, 6.07) is 3.79. The Morgan fingerprint density at radius 3 is 2.76 bits per heavy atom. The van der Waals surface area contributed by atoms with E-state index in [-0.39, 0.29) is 23.6 Å². The normalized spacial score (nSPS) is 12.9. The highest BCUT2D eigenvalue weighted by atomic mass is 35.5. The summed E-state index contributed by atoms with van der Waals surface area (Å²) in [5.41, 5.74) is 1.17. The number of hydrogen-bond donors (Lipinski definition) is 0. The Hall–Kier alpha value is -1.62. The van der Waals surface area contributed by atoms with Crippen LogP contribution < -0.4 is 0 Å². The SMILES string of the molecule is COC(=O)C(CC(C)C)n1c(CCl)nc2cc(F)ccc21. The molecule has 0 saturated heterocycles. The number of rotatable bonds is 5. The topological polar surface area (TPSA) is 44.1 Å². The van der Waals surface area contributed by atoms with Crippen molar-refractivity contribution >= 4 is 28.6 Å². The van der Waals surface area contributed by atoms with Gasteiger partial charge in [-0.2, -0.15) is 0 Å². The van der Waals surface area contributed by atoms with Crippen molar-refractivity contribution in [3.8, 4) is 0 Å². The van der Waals surface area contributed by atoms with E-state index in [1.807, 2.05) is 13.8 Å². The van der Waals surface area contributed by atoms with Crippen LogP contribution in [0.1, 0.15) is 32.1 Å². The first-order valence-electron chi connectivity index (χ1n) is 6.78. The lowest BCUT2D eigenvalue weighted by atomic mass is 10.0. The number of carbonyl (C=O) groups is 1. The van der Waals surface area contributed by atoms with Crippen LogP contribution in [-0.4, -0.2) is 22.6 Å². The van der Waals surface area contributed by atoms with Crippen LogP contribution in [0, 0.1) is 11.7 Å². The molecule has 0 aliphatic rings. The quantitative estimate of drug-likeness (QED) is 0.625. The van der Waals surface area contributed by atoms with Gasteiger partial charge < -0.3 is 9.30 Å². The van der Waals surface area contributed by atoms with Gasteiger partial charge in [-0.1, -0.05) is 13.8 Å². The van der Waals surface area contributed by atoms with E-state index in [4.69, 9.17) is 16.3 Å². The van der Waals surface area contributed by atoms with Gasteiger partial charge in [-0.05, 0) is 24.5 Å². The maximum Gasteiger partial charge on any atom is 0.328 e. The molecule has 1 aromatic heterocycles. The minimum absolute atomic E-state index is 0.141. The Bertz CT molecular complexity index is 654. The highest BCUT2D eigenvalue weighted by Gasteiger charge is 2.27. The van der Waals surface area contributed by atoms with E-state index in [2.05, 4.69) is 4.98 Å². The molecule has 0 amide bonds. The van der Waals surface area contributed by atoms with Crippen LogP contribution >= 0.6 is 11.6 Å². The number of benzene rings is 1. The summed E-state index contributed by atoms with van der Waals surface area (Å²) in [7, 11) is 1.36. The number of methoxy groups -OCH3 is 1. The van der Waals surface area contributed by atoms with E-state index < -0.39 is 6.04 Å². The number of esters is 1. The number of ether oxygens (including phenoxy) is 1. The fourth-order valence-corrected chi connectivity index (χ4v) is 2.64. The van der Waals surface area contributed by atoms with Crippen LogP contribution in [0.2, 0.25) is 0 Å². The van der Waals surface area contributed by atoms with Crippen molar-refractivity contribution in [2.75, 3.05) is 7.11 Å². The van der Waals surface area contributed by atoms with Gasteiger partial charge in [-0.25, -0.2) is 14.2 Å². The molecule has 1 unspecified atom stereocenters. The van der Waals surface area contributed by atoms with E-state index in [1.54, 1.807) is 10.6 Å². The van der Waals surface area contributed by atoms with E-state index in [0.29, 0.717) is 23.3 Å². The van der Waals surface area contributed by atoms with E-state index in [1.165, 1.54) is 19.2 Å². The van der Waals surface area contributed by atoms with E-state index >= 15 is 0 Å². The van der Waals surface area contributed by atoms with Crippen LogP contribution in [-0.2, 0) is 15.4 Å². The minimum Gasteiger partial charge on any atom is -0.467 e. The number of hydrogen-bond acceptors (Lipinski definition) is 3. The molecule has 1 aromatic carbocycles. The predicted octanol–water partition coefficient (Wildman–Crippen LogP) is 3.67. The summed E-state index contributed by atoms with van der Waals surface area (Å²) in [5.74, 6) is 0.246. The Morgan fingerprint density at radius 1 is 1.48 bits per heavy atom. The molecule has 2 aromatic rings. The zero-order valence-corrected chi connectivity index (χ0v) is 13.0. The number of aromatic nitrogens is 2. The largest absolute Gasteiger partial charge is 0.467 e. The van der Waals surface area contributed by atoms with E-state index in [9.17, 15) is 9.18 Å². The lowest BCUT2D eigenvalue weighted by Gasteiger charge is -2.20. The molecular weight excluding hydrogens is 295 g/mol. The van der Waals surface area contributed by atoms with Crippen LogP contribution in [0.3, 0.4) is 0 Å². The van der Waals surface area contributed by atoms with Gasteiger partial charge >= 0.3 is 5.97 Å². The number of halogens is 2. The van der Waals surface area contributed by atoms with Gasteiger partial charge in [0, 0.05) is 6.07 Å². The standard InChI is InChI=1S/C15H18ClFN2O2/c1-9(2)6-13(15(20)21-3)19-12-5-4-10(17)7-11(12)18-14(19)8-16/h4-5,7,9,13H,6,8H2,1-3H3.